The Hall–Kier alpha value is 0.354. The lowest BCUT2D eigenvalue weighted by atomic mass is 10.9. The van der Waals surface area contributed by atoms with Crippen molar-refractivity contribution in [2.45, 2.75) is 38.3 Å². The van der Waals surface area contributed by atoms with Crippen LogP contribution in [0.2, 0.25) is 38.3 Å². The molecule has 0 N–H and O–H groups in total. The van der Waals surface area contributed by atoms with Gasteiger partial charge in [0.25, 0.3) is 0 Å². The molecule has 0 saturated carbocycles. The molecule has 0 rings (SSSR count). The molecule has 0 saturated heterocycles. The standard InChI is InChI=1S/C8H22O2Si2/c1-9-11(3,4)7-8-12(5,6)10-2/h7-8H2,1-6H3. The van der Waals surface area contributed by atoms with E-state index in [-0.39, 0.29) is 0 Å². The van der Waals surface area contributed by atoms with Crippen LogP contribution in [0.1, 0.15) is 0 Å². The third kappa shape index (κ3) is 5.08. The van der Waals surface area contributed by atoms with E-state index in [9.17, 15) is 0 Å². The Labute approximate surface area is 78.5 Å². The van der Waals surface area contributed by atoms with Crippen LogP contribution >= 0.6 is 0 Å². The van der Waals surface area contributed by atoms with Crippen LogP contribution < -0.4 is 0 Å². The first-order chi connectivity index (χ1) is 5.33. The molecule has 0 bridgehead atoms. The quantitative estimate of drug-likeness (QED) is 0.644. The molecular formula is C8H22O2Si2. The first-order valence-corrected chi connectivity index (χ1v) is 10.7. The van der Waals surface area contributed by atoms with Gasteiger partial charge in [-0.1, -0.05) is 0 Å². The minimum Gasteiger partial charge on any atom is -0.420 e. The van der Waals surface area contributed by atoms with Crippen LogP contribution in [0.25, 0.3) is 0 Å². The summed E-state index contributed by atoms with van der Waals surface area (Å²) in [7, 11) is 0.957. The predicted octanol–water partition coefficient (Wildman–Crippen LogP) is 2.69. The van der Waals surface area contributed by atoms with E-state index in [0.717, 1.165) is 0 Å². The molecule has 4 heteroatoms. The van der Waals surface area contributed by atoms with Gasteiger partial charge in [0.05, 0.1) is 0 Å². The lowest BCUT2D eigenvalue weighted by Gasteiger charge is -2.25. The monoisotopic (exact) mass is 206 g/mol. The molecule has 0 unspecified atom stereocenters. The van der Waals surface area contributed by atoms with E-state index in [1.807, 2.05) is 14.2 Å². The Morgan fingerprint density at radius 2 is 1.00 bits per heavy atom. The molecule has 0 aromatic carbocycles. The SMILES string of the molecule is CO[Si](C)(C)CC[Si](C)(C)OC. The summed E-state index contributed by atoms with van der Waals surface area (Å²) in [4.78, 5) is 0. The summed E-state index contributed by atoms with van der Waals surface area (Å²) < 4.78 is 11.0. The maximum absolute atomic E-state index is 5.48. The maximum atomic E-state index is 5.48. The van der Waals surface area contributed by atoms with Gasteiger partial charge >= 0.3 is 0 Å². The van der Waals surface area contributed by atoms with Crippen LogP contribution in [0.15, 0.2) is 0 Å². The zero-order valence-corrected chi connectivity index (χ0v) is 11.2. The molecule has 0 radical (unpaired) electrons. The van der Waals surface area contributed by atoms with Crippen molar-refractivity contribution in [3.05, 3.63) is 0 Å². The van der Waals surface area contributed by atoms with Gasteiger partial charge in [-0.15, -0.1) is 0 Å². The second-order valence-corrected chi connectivity index (χ2v) is 13.3. The first-order valence-electron chi connectivity index (χ1n) is 4.43. The van der Waals surface area contributed by atoms with Crippen molar-refractivity contribution in [3.63, 3.8) is 0 Å². The van der Waals surface area contributed by atoms with Gasteiger partial charge in [0.1, 0.15) is 0 Å². The fraction of sp³-hybridized carbons (Fsp3) is 1.00. The Morgan fingerprint density at radius 1 is 0.750 bits per heavy atom. The Kier molecular flexibility index (Phi) is 4.69. The fourth-order valence-electron chi connectivity index (χ4n) is 0.806. The van der Waals surface area contributed by atoms with Gasteiger partial charge < -0.3 is 8.85 Å². The summed E-state index contributed by atoms with van der Waals surface area (Å²) in [6.07, 6.45) is 0. The van der Waals surface area contributed by atoms with Crippen LogP contribution in [0.5, 0.6) is 0 Å². The van der Waals surface area contributed by atoms with Crippen LogP contribution in [0.3, 0.4) is 0 Å². The van der Waals surface area contributed by atoms with Crippen molar-refractivity contribution in [1.82, 2.24) is 0 Å². The molecule has 0 aliphatic rings. The normalized spacial score (nSPS) is 13.5. The smallest absolute Gasteiger partial charge is 0.186 e. The number of rotatable bonds is 5. The van der Waals surface area contributed by atoms with E-state index in [1.54, 1.807) is 0 Å². The lowest BCUT2D eigenvalue weighted by Crippen LogP contribution is -2.35. The van der Waals surface area contributed by atoms with E-state index >= 15 is 0 Å². The van der Waals surface area contributed by atoms with Crippen LogP contribution in [0, 0.1) is 0 Å². The number of hydrogen-bond donors (Lipinski definition) is 0. The molecule has 0 amide bonds. The van der Waals surface area contributed by atoms with Gasteiger partial charge in [-0.2, -0.15) is 0 Å². The summed E-state index contributed by atoms with van der Waals surface area (Å²) in [5, 5.41) is 0. The summed E-state index contributed by atoms with van der Waals surface area (Å²) in [6, 6.07) is 2.44. The van der Waals surface area contributed by atoms with Crippen molar-refractivity contribution < 1.29 is 8.85 Å². The van der Waals surface area contributed by atoms with Crippen molar-refractivity contribution in [2.24, 2.45) is 0 Å². The lowest BCUT2D eigenvalue weighted by molar-refractivity contribution is 0.393. The Bertz CT molecular complexity index is 119. The molecule has 0 aromatic heterocycles. The van der Waals surface area contributed by atoms with E-state index in [2.05, 4.69) is 26.2 Å². The molecule has 0 atom stereocenters. The molecule has 0 spiro atoms. The van der Waals surface area contributed by atoms with Crippen molar-refractivity contribution >= 4 is 16.6 Å². The van der Waals surface area contributed by atoms with Gasteiger partial charge in [-0.3, -0.25) is 0 Å². The van der Waals surface area contributed by atoms with Gasteiger partial charge in [0.2, 0.25) is 0 Å². The average Bonchev–Trinajstić information content (AvgIpc) is 2.02. The average molecular weight is 206 g/mol. The van der Waals surface area contributed by atoms with E-state index in [0.29, 0.717) is 0 Å². The van der Waals surface area contributed by atoms with Crippen molar-refractivity contribution in [1.29, 1.82) is 0 Å². The van der Waals surface area contributed by atoms with Gasteiger partial charge in [0, 0.05) is 14.2 Å². The fourth-order valence-corrected chi connectivity index (χ4v) is 6.03. The highest BCUT2D eigenvalue weighted by Gasteiger charge is 2.27. The highest BCUT2D eigenvalue weighted by molar-refractivity contribution is 6.76. The molecule has 0 aromatic rings. The summed E-state index contributed by atoms with van der Waals surface area (Å²) >= 11 is 0. The molecule has 0 aliphatic heterocycles. The van der Waals surface area contributed by atoms with Crippen LogP contribution in [-0.4, -0.2) is 30.9 Å². The minimum atomic E-state index is -1.35. The molecule has 2 nitrogen and oxygen atoms in total. The molecule has 74 valence electrons. The first kappa shape index (κ1) is 12.4. The molecule has 0 fully saturated rings. The molecule has 12 heavy (non-hydrogen) atoms. The highest BCUT2D eigenvalue weighted by atomic mass is 28.4. The molecule has 0 aliphatic carbocycles. The third-order valence-corrected chi connectivity index (χ3v) is 8.05. The largest absolute Gasteiger partial charge is 0.420 e. The zero-order chi connectivity index (χ0) is 9.83. The van der Waals surface area contributed by atoms with E-state index in [1.165, 1.54) is 12.1 Å². The molecule has 0 heterocycles. The Morgan fingerprint density at radius 3 is 1.17 bits per heavy atom. The maximum Gasteiger partial charge on any atom is 0.186 e. The van der Waals surface area contributed by atoms with E-state index in [4.69, 9.17) is 8.85 Å². The van der Waals surface area contributed by atoms with Crippen LogP contribution in [-0.2, 0) is 8.85 Å². The van der Waals surface area contributed by atoms with Gasteiger partial charge in [-0.25, -0.2) is 0 Å². The zero-order valence-electron chi connectivity index (χ0n) is 9.23. The highest BCUT2D eigenvalue weighted by Crippen LogP contribution is 2.20. The Balaban J connectivity index is 3.82. The van der Waals surface area contributed by atoms with Crippen LogP contribution in [0.4, 0.5) is 0 Å². The van der Waals surface area contributed by atoms with Crippen molar-refractivity contribution in [3.8, 4) is 0 Å². The van der Waals surface area contributed by atoms with E-state index < -0.39 is 16.6 Å². The summed E-state index contributed by atoms with van der Waals surface area (Å²) in [5.74, 6) is 0. The topological polar surface area (TPSA) is 18.5 Å². The van der Waals surface area contributed by atoms with Gasteiger partial charge in [0.15, 0.2) is 16.6 Å². The second-order valence-electron chi connectivity index (χ2n) is 4.43. The molecular weight excluding hydrogens is 184 g/mol. The minimum absolute atomic E-state index is 1.22. The number of hydrogen-bond acceptors (Lipinski definition) is 2. The predicted molar refractivity (Wildman–Crippen MR) is 58.6 cm³/mol. The van der Waals surface area contributed by atoms with Crippen molar-refractivity contribution in [2.75, 3.05) is 14.2 Å². The van der Waals surface area contributed by atoms with Gasteiger partial charge in [-0.05, 0) is 38.3 Å². The summed E-state index contributed by atoms with van der Waals surface area (Å²) in [5.41, 5.74) is 0. The third-order valence-electron chi connectivity index (χ3n) is 2.43. The summed E-state index contributed by atoms with van der Waals surface area (Å²) in [6.45, 7) is 9.03. The second kappa shape index (κ2) is 4.55.